The van der Waals surface area contributed by atoms with Crippen LogP contribution in [0.25, 0.3) is 0 Å². The molecule has 0 saturated carbocycles. The fourth-order valence-corrected chi connectivity index (χ4v) is 7.47. The van der Waals surface area contributed by atoms with Gasteiger partial charge in [-0.3, -0.25) is 9.36 Å². The molecular weight excluding hydrogens is 746 g/mol. The molecule has 0 aromatic rings. The predicted octanol–water partition coefficient (Wildman–Crippen LogP) is 13.9. The number of quaternary nitrogens is 1. The summed E-state index contributed by atoms with van der Waals surface area (Å²) < 4.78 is 34.7. The molecule has 8 nitrogen and oxygen atoms in total. The number of phosphoric acid groups is 1. The van der Waals surface area contributed by atoms with Crippen molar-refractivity contribution in [3.05, 3.63) is 36.5 Å². The Bertz CT molecular complexity index is 1020. The van der Waals surface area contributed by atoms with E-state index in [4.69, 9.17) is 18.5 Å². The van der Waals surface area contributed by atoms with E-state index in [9.17, 15) is 14.3 Å². The number of carbonyl (C=O) groups excluding carboxylic acids is 1. The molecule has 0 fully saturated rings. The quantitative estimate of drug-likeness (QED) is 0.0198. The van der Waals surface area contributed by atoms with Gasteiger partial charge in [0.2, 0.25) is 0 Å². The van der Waals surface area contributed by atoms with Gasteiger partial charge in [-0.05, 0) is 44.9 Å². The van der Waals surface area contributed by atoms with E-state index in [2.05, 4.69) is 50.3 Å². The van der Waals surface area contributed by atoms with E-state index in [0.29, 0.717) is 24.1 Å². The number of hydrogen-bond acceptors (Lipinski definition) is 7. The molecular formula is C49H94NO7P. The molecule has 0 aliphatic heterocycles. The van der Waals surface area contributed by atoms with Crippen molar-refractivity contribution in [2.75, 3.05) is 54.1 Å². The molecule has 2 atom stereocenters. The second kappa shape index (κ2) is 42.4. The zero-order valence-electron chi connectivity index (χ0n) is 38.7. The molecule has 2 unspecified atom stereocenters. The highest BCUT2D eigenvalue weighted by Gasteiger charge is 2.20. The van der Waals surface area contributed by atoms with Gasteiger partial charge in [0, 0.05) is 13.0 Å². The van der Waals surface area contributed by atoms with E-state index in [1.807, 2.05) is 21.1 Å². The lowest BCUT2D eigenvalue weighted by atomic mass is 10.0. The maximum absolute atomic E-state index is 12.7. The van der Waals surface area contributed by atoms with Gasteiger partial charge < -0.3 is 27.9 Å². The Balaban J connectivity index is 4.16. The number of rotatable bonds is 45. The van der Waals surface area contributed by atoms with Gasteiger partial charge >= 0.3 is 5.97 Å². The highest BCUT2D eigenvalue weighted by molar-refractivity contribution is 7.45. The van der Waals surface area contributed by atoms with Gasteiger partial charge in [-0.1, -0.05) is 198 Å². The number of esters is 1. The first kappa shape index (κ1) is 56.7. The SMILES string of the molecule is CC/C=C\C/C=C\C/C=C\CCCCCCCCCCOCC(COP(=O)([O-])OCC[N+](C)(C)C)OC(=O)CCCCCCCCCCCCCCCCCCCC. The molecule has 58 heavy (non-hydrogen) atoms. The molecule has 0 heterocycles. The minimum atomic E-state index is -4.53. The molecule has 9 heteroatoms. The van der Waals surface area contributed by atoms with Crippen LogP contribution in [0.3, 0.4) is 0 Å². The largest absolute Gasteiger partial charge is 0.756 e. The van der Waals surface area contributed by atoms with Crippen molar-refractivity contribution in [2.45, 2.75) is 219 Å². The Labute approximate surface area is 359 Å². The van der Waals surface area contributed by atoms with E-state index in [1.54, 1.807) is 0 Å². The number of ether oxygens (including phenoxy) is 2. The summed E-state index contributed by atoms with van der Waals surface area (Å²) in [6, 6.07) is 0. The third kappa shape index (κ3) is 45.8. The van der Waals surface area contributed by atoms with Crippen LogP contribution in [-0.2, 0) is 27.9 Å². The summed E-state index contributed by atoms with van der Waals surface area (Å²) in [7, 11) is 1.36. The Morgan fingerprint density at radius 3 is 1.50 bits per heavy atom. The molecule has 0 aliphatic rings. The number of carbonyl (C=O) groups is 1. The van der Waals surface area contributed by atoms with Crippen LogP contribution in [0.4, 0.5) is 0 Å². The van der Waals surface area contributed by atoms with Gasteiger partial charge in [-0.25, -0.2) is 0 Å². The van der Waals surface area contributed by atoms with E-state index in [0.717, 1.165) is 57.8 Å². The molecule has 0 spiro atoms. The number of hydrogen-bond donors (Lipinski definition) is 0. The predicted molar refractivity (Wildman–Crippen MR) is 245 cm³/mol. The van der Waals surface area contributed by atoms with Gasteiger partial charge in [-0.2, -0.15) is 0 Å². The standard InChI is InChI=1S/C49H94NO7P/c1-6-8-10-12-14-16-18-20-22-24-26-28-30-32-34-36-38-40-42-49(51)57-48(47-56-58(52,53)55-45-43-50(3,4)5)46-54-44-41-39-37-35-33-31-29-27-25-23-21-19-17-15-13-11-9-7-2/h9,11,15,17,21,23,48H,6-8,10,12-14,16,18-20,22,24-47H2,1-5H3/b11-9-,17-15-,23-21-. The highest BCUT2D eigenvalue weighted by Crippen LogP contribution is 2.38. The molecule has 0 N–H and O–H groups in total. The van der Waals surface area contributed by atoms with Crippen molar-refractivity contribution in [2.24, 2.45) is 0 Å². The van der Waals surface area contributed by atoms with Crippen LogP contribution in [0.15, 0.2) is 36.5 Å². The molecule has 0 aliphatic carbocycles. The van der Waals surface area contributed by atoms with Gasteiger partial charge in [0.1, 0.15) is 19.3 Å². The molecule has 0 rings (SSSR count). The minimum Gasteiger partial charge on any atom is -0.756 e. The first-order valence-electron chi connectivity index (χ1n) is 24.2. The third-order valence-electron chi connectivity index (χ3n) is 10.5. The average Bonchev–Trinajstić information content (AvgIpc) is 3.18. The van der Waals surface area contributed by atoms with Crippen LogP contribution in [0.1, 0.15) is 213 Å². The Hall–Kier alpha value is -1.28. The highest BCUT2D eigenvalue weighted by atomic mass is 31.2. The number of allylic oxidation sites excluding steroid dienone is 6. The summed E-state index contributed by atoms with van der Waals surface area (Å²) in [5.41, 5.74) is 0. The minimum absolute atomic E-state index is 0.0255. The van der Waals surface area contributed by atoms with Crippen molar-refractivity contribution in [1.29, 1.82) is 0 Å². The Kier molecular flexibility index (Phi) is 41.5. The van der Waals surface area contributed by atoms with E-state index >= 15 is 0 Å². The zero-order chi connectivity index (χ0) is 42.7. The topological polar surface area (TPSA) is 94.1 Å². The van der Waals surface area contributed by atoms with Gasteiger partial charge in [0.25, 0.3) is 7.82 Å². The lowest BCUT2D eigenvalue weighted by Crippen LogP contribution is -2.37. The maximum atomic E-state index is 12.7. The lowest BCUT2D eigenvalue weighted by Gasteiger charge is -2.28. The fourth-order valence-electron chi connectivity index (χ4n) is 6.74. The summed E-state index contributed by atoms with van der Waals surface area (Å²) in [4.78, 5) is 25.1. The van der Waals surface area contributed by atoms with Crippen molar-refractivity contribution in [3.63, 3.8) is 0 Å². The number of likely N-dealkylation sites (N-methyl/N-ethyl adjacent to an activating group) is 1. The molecule has 0 radical (unpaired) electrons. The second-order valence-corrected chi connectivity index (χ2v) is 18.9. The number of phosphoric ester groups is 1. The van der Waals surface area contributed by atoms with Crippen molar-refractivity contribution in [3.8, 4) is 0 Å². The van der Waals surface area contributed by atoms with Gasteiger partial charge in [-0.15, -0.1) is 0 Å². The maximum Gasteiger partial charge on any atom is 0.306 e. The fraction of sp³-hybridized carbons (Fsp3) is 0.857. The normalized spacial score (nSPS) is 14.0. The summed E-state index contributed by atoms with van der Waals surface area (Å²) in [5, 5.41) is 0. The summed E-state index contributed by atoms with van der Waals surface area (Å²) in [5.74, 6) is -0.334. The molecule has 342 valence electrons. The molecule has 0 saturated heterocycles. The van der Waals surface area contributed by atoms with E-state index < -0.39 is 13.9 Å². The Morgan fingerprint density at radius 2 is 1.00 bits per heavy atom. The monoisotopic (exact) mass is 840 g/mol. The van der Waals surface area contributed by atoms with Crippen molar-refractivity contribution < 1.29 is 37.3 Å². The zero-order valence-corrected chi connectivity index (χ0v) is 39.6. The molecule has 0 amide bonds. The third-order valence-corrected chi connectivity index (χ3v) is 11.4. The van der Waals surface area contributed by atoms with Crippen molar-refractivity contribution >= 4 is 13.8 Å². The first-order valence-corrected chi connectivity index (χ1v) is 25.7. The lowest BCUT2D eigenvalue weighted by molar-refractivity contribution is -0.870. The summed E-state index contributed by atoms with van der Waals surface area (Å²) in [6.07, 6.45) is 50.1. The molecule has 0 aromatic carbocycles. The average molecular weight is 840 g/mol. The van der Waals surface area contributed by atoms with Crippen LogP contribution in [0.2, 0.25) is 0 Å². The van der Waals surface area contributed by atoms with Crippen LogP contribution in [-0.4, -0.2) is 70.7 Å². The smallest absolute Gasteiger partial charge is 0.306 e. The van der Waals surface area contributed by atoms with Gasteiger partial charge in [0.05, 0.1) is 34.4 Å². The number of unbranched alkanes of at least 4 members (excludes halogenated alkanes) is 25. The molecule has 0 bridgehead atoms. The summed E-state index contributed by atoms with van der Waals surface area (Å²) in [6.45, 7) is 5.32. The van der Waals surface area contributed by atoms with Crippen LogP contribution >= 0.6 is 7.82 Å². The van der Waals surface area contributed by atoms with Crippen LogP contribution in [0, 0.1) is 0 Å². The Morgan fingerprint density at radius 1 is 0.552 bits per heavy atom. The first-order chi connectivity index (χ1) is 28.1. The van der Waals surface area contributed by atoms with E-state index in [-0.39, 0.29) is 25.8 Å². The van der Waals surface area contributed by atoms with Gasteiger partial charge in [0.15, 0.2) is 0 Å². The van der Waals surface area contributed by atoms with Crippen LogP contribution < -0.4 is 4.89 Å². The number of nitrogens with zero attached hydrogens (tertiary/aromatic N) is 1. The molecule has 0 aromatic heterocycles. The second-order valence-electron chi connectivity index (χ2n) is 17.4. The van der Waals surface area contributed by atoms with Crippen molar-refractivity contribution in [1.82, 2.24) is 0 Å². The summed E-state index contributed by atoms with van der Waals surface area (Å²) >= 11 is 0. The van der Waals surface area contributed by atoms with Crippen LogP contribution in [0.5, 0.6) is 0 Å². The van der Waals surface area contributed by atoms with E-state index in [1.165, 1.54) is 135 Å².